The molecule has 0 aromatic heterocycles. The van der Waals surface area contributed by atoms with Crippen LogP contribution in [0.2, 0.25) is 0 Å². The Morgan fingerprint density at radius 1 is 1.12 bits per heavy atom. The van der Waals surface area contributed by atoms with Crippen LogP contribution in [0.3, 0.4) is 0 Å². The minimum atomic E-state index is -1.95. The summed E-state index contributed by atoms with van der Waals surface area (Å²) < 4.78 is 24.3. The van der Waals surface area contributed by atoms with Crippen LogP contribution in [0.1, 0.15) is 88.6 Å². The number of benzene rings is 2. The fourth-order valence-electron chi connectivity index (χ4n) is 7.76. The molecule has 228 valence electrons. The molecule has 7 atom stereocenters. The Morgan fingerprint density at radius 2 is 1.88 bits per heavy atom. The van der Waals surface area contributed by atoms with Gasteiger partial charge < -0.3 is 34.3 Å². The van der Waals surface area contributed by atoms with E-state index in [-0.39, 0.29) is 76.3 Å². The van der Waals surface area contributed by atoms with Crippen LogP contribution in [0, 0.1) is 5.92 Å². The van der Waals surface area contributed by atoms with Crippen molar-refractivity contribution in [3.05, 3.63) is 51.6 Å². The zero-order chi connectivity index (χ0) is 30.4. The van der Waals surface area contributed by atoms with Crippen molar-refractivity contribution in [1.82, 2.24) is 4.90 Å². The SMILES string of the molecule is COc1cccc2c1C(=O)c1c(O)c3c(c(O)c1C2=O)C[C@@](O)(C(C)=O)C[C@@H]3OC1CC2C(C)C(COC3CCCN32)O1. The zero-order valence-corrected chi connectivity index (χ0v) is 24.3. The van der Waals surface area contributed by atoms with Gasteiger partial charge in [0, 0.05) is 54.5 Å². The molecule has 3 N–H and O–H groups in total. The first kappa shape index (κ1) is 28.4. The molecule has 0 radical (unpaired) electrons. The Morgan fingerprint density at radius 3 is 2.63 bits per heavy atom. The van der Waals surface area contributed by atoms with E-state index in [0.717, 1.165) is 19.4 Å². The van der Waals surface area contributed by atoms with Crippen molar-refractivity contribution >= 4 is 17.3 Å². The third-order valence-corrected chi connectivity index (χ3v) is 10.1. The number of carbonyl (C=O) groups is 3. The van der Waals surface area contributed by atoms with Crippen LogP contribution in [0.15, 0.2) is 18.2 Å². The molecule has 5 unspecified atom stereocenters. The highest BCUT2D eigenvalue weighted by atomic mass is 16.7. The molecule has 2 aromatic rings. The number of phenols is 2. The number of ketones is 3. The number of methoxy groups -OCH3 is 1. The maximum Gasteiger partial charge on any atom is 0.202 e. The first-order valence-corrected chi connectivity index (χ1v) is 14.8. The van der Waals surface area contributed by atoms with Gasteiger partial charge in [-0.25, -0.2) is 0 Å². The molecule has 3 heterocycles. The second-order valence-electron chi connectivity index (χ2n) is 12.4. The Hall–Kier alpha value is -3.35. The third kappa shape index (κ3) is 4.16. The minimum Gasteiger partial charge on any atom is -0.507 e. The Kier molecular flexibility index (Phi) is 6.68. The highest BCUT2D eigenvalue weighted by Crippen LogP contribution is 2.53. The lowest BCUT2D eigenvalue weighted by molar-refractivity contribution is -0.247. The molecule has 0 spiro atoms. The van der Waals surface area contributed by atoms with E-state index in [2.05, 4.69) is 11.8 Å². The molecule has 5 aliphatic rings. The lowest BCUT2D eigenvalue weighted by Gasteiger charge is -2.44. The van der Waals surface area contributed by atoms with Crippen LogP contribution >= 0.6 is 0 Å². The van der Waals surface area contributed by atoms with Gasteiger partial charge in [0.1, 0.15) is 29.1 Å². The molecule has 3 saturated heterocycles. The number of carbonyl (C=O) groups excluding carboxylic acids is 3. The van der Waals surface area contributed by atoms with E-state index in [4.69, 9.17) is 18.9 Å². The van der Waals surface area contributed by atoms with E-state index in [1.165, 1.54) is 20.1 Å². The van der Waals surface area contributed by atoms with Crippen molar-refractivity contribution in [2.45, 2.75) is 82.3 Å². The Balaban J connectivity index is 1.33. The fourth-order valence-corrected chi connectivity index (χ4v) is 7.76. The topological polar surface area (TPSA) is 152 Å². The summed E-state index contributed by atoms with van der Waals surface area (Å²) in [7, 11) is 1.37. The molecule has 7 rings (SSSR count). The monoisotopic (exact) mass is 593 g/mol. The highest BCUT2D eigenvalue weighted by Gasteiger charge is 2.51. The molecule has 11 nitrogen and oxygen atoms in total. The van der Waals surface area contributed by atoms with Crippen LogP contribution in [-0.4, -0.2) is 88.1 Å². The van der Waals surface area contributed by atoms with Gasteiger partial charge in [-0.05, 0) is 25.8 Å². The van der Waals surface area contributed by atoms with E-state index in [9.17, 15) is 29.7 Å². The Labute approximate surface area is 248 Å². The van der Waals surface area contributed by atoms with E-state index in [1.807, 2.05) is 0 Å². The van der Waals surface area contributed by atoms with Gasteiger partial charge in [0.15, 0.2) is 17.9 Å². The summed E-state index contributed by atoms with van der Waals surface area (Å²) in [6, 6.07) is 4.66. The smallest absolute Gasteiger partial charge is 0.202 e. The quantitative estimate of drug-likeness (QED) is 0.383. The van der Waals surface area contributed by atoms with Crippen LogP contribution in [0.5, 0.6) is 17.2 Å². The molecule has 2 bridgehead atoms. The number of aliphatic hydroxyl groups is 1. The van der Waals surface area contributed by atoms with Crippen LogP contribution in [0.4, 0.5) is 0 Å². The summed E-state index contributed by atoms with van der Waals surface area (Å²) in [5.74, 6) is -2.68. The number of hydrogen-bond donors (Lipinski definition) is 3. The van der Waals surface area contributed by atoms with Gasteiger partial charge in [-0.15, -0.1) is 0 Å². The molecule has 3 aliphatic heterocycles. The lowest BCUT2D eigenvalue weighted by atomic mass is 9.72. The first-order chi connectivity index (χ1) is 20.5. The largest absolute Gasteiger partial charge is 0.507 e. The predicted molar refractivity (Wildman–Crippen MR) is 149 cm³/mol. The zero-order valence-electron chi connectivity index (χ0n) is 24.3. The molecule has 43 heavy (non-hydrogen) atoms. The van der Waals surface area contributed by atoms with Gasteiger partial charge in [0.2, 0.25) is 5.78 Å². The number of ether oxygens (including phenoxy) is 4. The molecule has 3 fully saturated rings. The number of Topliss-reactive ketones (excluding diaryl/α,β-unsaturated/α-hetero) is 1. The van der Waals surface area contributed by atoms with Crippen molar-refractivity contribution in [2.24, 2.45) is 5.92 Å². The van der Waals surface area contributed by atoms with Crippen molar-refractivity contribution in [3.63, 3.8) is 0 Å². The summed E-state index contributed by atoms with van der Waals surface area (Å²) in [6.07, 6.45) is -0.283. The van der Waals surface area contributed by atoms with Crippen molar-refractivity contribution in [2.75, 3.05) is 20.3 Å². The summed E-state index contributed by atoms with van der Waals surface area (Å²) in [6.45, 7) is 4.67. The van der Waals surface area contributed by atoms with Crippen molar-refractivity contribution < 1.29 is 48.7 Å². The van der Waals surface area contributed by atoms with Crippen molar-refractivity contribution in [1.29, 1.82) is 0 Å². The number of phenolic OH excluding ortho intramolecular Hbond substituents is 2. The number of rotatable bonds is 4. The van der Waals surface area contributed by atoms with Gasteiger partial charge in [-0.1, -0.05) is 19.1 Å². The van der Waals surface area contributed by atoms with E-state index in [1.54, 1.807) is 12.1 Å². The molecule has 0 saturated carbocycles. The molecule has 11 heteroatoms. The molecule has 2 aliphatic carbocycles. The summed E-state index contributed by atoms with van der Waals surface area (Å²) in [4.78, 5) is 42.6. The summed E-state index contributed by atoms with van der Waals surface area (Å²) in [5.41, 5.74) is -2.63. The number of fused-ring (bicyclic) bond motifs is 7. The first-order valence-electron chi connectivity index (χ1n) is 14.8. The van der Waals surface area contributed by atoms with Crippen LogP contribution in [-0.2, 0) is 25.4 Å². The van der Waals surface area contributed by atoms with Gasteiger partial charge in [0.05, 0.1) is 42.6 Å². The van der Waals surface area contributed by atoms with E-state index < -0.39 is 46.8 Å². The van der Waals surface area contributed by atoms with Gasteiger partial charge >= 0.3 is 0 Å². The normalized spacial score (nSPS) is 33.2. The minimum absolute atomic E-state index is 0.0118. The lowest BCUT2D eigenvalue weighted by Crippen LogP contribution is -2.52. The molecule has 2 aromatic carbocycles. The van der Waals surface area contributed by atoms with Gasteiger partial charge in [-0.2, -0.15) is 0 Å². The fraction of sp³-hybridized carbons (Fsp3) is 0.531. The average Bonchev–Trinajstić information content (AvgIpc) is 3.43. The van der Waals surface area contributed by atoms with Crippen LogP contribution < -0.4 is 4.74 Å². The number of hydrogen-bond acceptors (Lipinski definition) is 11. The number of nitrogens with zero attached hydrogens (tertiary/aromatic N) is 1. The average molecular weight is 594 g/mol. The predicted octanol–water partition coefficient (Wildman–Crippen LogP) is 2.78. The molecular weight excluding hydrogens is 558 g/mol. The second kappa shape index (κ2) is 10.1. The van der Waals surface area contributed by atoms with Gasteiger partial charge in [0.25, 0.3) is 0 Å². The second-order valence-corrected chi connectivity index (χ2v) is 12.4. The Bertz CT molecular complexity index is 1550. The standard InChI is InChI=1S/C32H35NO10/c1-14-18-10-23(43-21(14)13-41-22-8-5-9-33(18)22)42-20-12-32(39,15(2)34)11-17-25(20)31(38)27-26(29(17)36)28(35)16-6-4-7-19(40-3)24(16)30(27)37/h4,6-7,14,18,20-23,36,38-39H,5,8-13H2,1-3H3/t14?,18?,20-,21?,22?,23?,32-/m0/s1. The van der Waals surface area contributed by atoms with Gasteiger partial charge in [-0.3, -0.25) is 19.3 Å². The molecule has 0 amide bonds. The van der Waals surface area contributed by atoms with E-state index in [0.29, 0.717) is 13.0 Å². The molecular formula is C32H35NO10. The van der Waals surface area contributed by atoms with E-state index >= 15 is 0 Å². The summed E-state index contributed by atoms with van der Waals surface area (Å²) in [5, 5.41) is 34.7. The van der Waals surface area contributed by atoms with Crippen LogP contribution in [0.25, 0.3) is 0 Å². The maximum absolute atomic E-state index is 13.8. The number of aromatic hydroxyl groups is 2. The third-order valence-electron chi connectivity index (χ3n) is 10.1. The van der Waals surface area contributed by atoms with Crippen molar-refractivity contribution in [3.8, 4) is 17.2 Å². The summed E-state index contributed by atoms with van der Waals surface area (Å²) >= 11 is 0. The highest BCUT2D eigenvalue weighted by molar-refractivity contribution is 6.31. The maximum atomic E-state index is 13.8.